The molecule has 3 N–H and O–H groups in total. The molecule has 1 amide bonds. The molecule has 3 rings (SSSR count). The molecule has 2 aromatic rings. The molecule has 1 aliphatic rings. The van der Waals surface area contributed by atoms with E-state index in [0.29, 0.717) is 28.0 Å². The molecule has 1 unspecified atom stereocenters. The van der Waals surface area contributed by atoms with E-state index < -0.39 is 6.10 Å². The van der Waals surface area contributed by atoms with Crippen LogP contribution in [0.4, 0.5) is 5.69 Å². The van der Waals surface area contributed by atoms with E-state index in [9.17, 15) is 15.0 Å². The van der Waals surface area contributed by atoms with Crippen LogP contribution in [0.2, 0.25) is 0 Å². The number of nitrogens with zero attached hydrogens (tertiary/aromatic N) is 1. The molecule has 0 spiro atoms. The Kier molecular flexibility index (Phi) is 5.87. The minimum atomic E-state index is -0.832. The van der Waals surface area contributed by atoms with E-state index in [2.05, 4.69) is 52.3 Å². The van der Waals surface area contributed by atoms with Crippen molar-refractivity contribution in [3.8, 4) is 11.5 Å². The molecule has 1 aliphatic heterocycles. The predicted molar refractivity (Wildman–Crippen MR) is 113 cm³/mol. The number of carbonyl (C=O) groups excluding carboxylic acids is 1. The van der Waals surface area contributed by atoms with Gasteiger partial charge in [0, 0.05) is 18.1 Å². The van der Waals surface area contributed by atoms with E-state index in [1.54, 1.807) is 0 Å². The number of aromatic hydroxyl groups is 1. The van der Waals surface area contributed by atoms with Crippen molar-refractivity contribution in [2.75, 3.05) is 39.1 Å². The predicted octanol–water partition coefficient (Wildman–Crippen LogP) is 3.00. The lowest BCUT2D eigenvalue weighted by Gasteiger charge is -2.33. The summed E-state index contributed by atoms with van der Waals surface area (Å²) < 4.78 is 6.14. The molecule has 0 aromatic heterocycles. The third-order valence-electron chi connectivity index (χ3n) is 5.56. The van der Waals surface area contributed by atoms with Gasteiger partial charge in [0.15, 0.2) is 6.61 Å². The smallest absolute Gasteiger partial charge is 0.262 e. The standard InChI is InChI=1S/C23H30N2O4/c1-14-8-15(2)18(16(3)9-14)6-7-25(4,5)12-21(27)19-10-17(26)11-20-23(19)29-13-22(28)24-20/h8-11,21,27H,6-7,12-13H2,1-5H3,(H-,24,26,28)/p+1. The zero-order valence-electron chi connectivity index (χ0n) is 17.9. The molecule has 0 fully saturated rings. The fourth-order valence-electron chi connectivity index (χ4n) is 4.14. The van der Waals surface area contributed by atoms with Gasteiger partial charge in [-0.05, 0) is 43.5 Å². The number of likely N-dealkylation sites (N-methyl/N-ethyl adjacent to an activating group) is 1. The van der Waals surface area contributed by atoms with Gasteiger partial charge in [-0.15, -0.1) is 0 Å². The Hall–Kier alpha value is -2.57. The lowest BCUT2D eigenvalue weighted by molar-refractivity contribution is -0.893. The average molecular weight is 400 g/mol. The SMILES string of the molecule is Cc1cc(C)c(CC[N+](C)(C)CC(O)c2cc(O)cc3c2OCC(=O)N3)c(C)c1. The summed E-state index contributed by atoms with van der Waals surface area (Å²) in [7, 11) is 4.17. The Morgan fingerprint density at radius 1 is 1.14 bits per heavy atom. The topological polar surface area (TPSA) is 78.8 Å². The number of rotatable bonds is 6. The molecule has 0 bridgehead atoms. The molecule has 0 saturated heterocycles. The summed E-state index contributed by atoms with van der Waals surface area (Å²) in [5, 5.41) is 23.6. The second-order valence-corrected chi connectivity index (χ2v) is 8.73. The van der Waals surface area contributed by atoms with Gasteiger partial charge in [0.05, 0.1) is 26.3 Å². The molecule has 1 atom stereocenters. The Morgan fingerprint density at radius 3 is 2.45 bits per heavy atom. The van der Waals surface area contributed by atoms with Gasteiger partial charge in [-0.2, -0.15) is 0 Å². The van der Waals surface area contributed by atoms with Gasteiger partial charge >= 0.3 is 0 Å². The first-order chi connectivity index (χ1) is 13.6. The first-order valence-corrected chi connectivity index (χ1v) is 9.92. The van der Waals surface area contributed by atoms with Crippen LogP contribution < -0.4 is 10.1 Å². The number of hydrogen-bond acceptors (Lipinski definition) is 4. The van der Waals surface area contributed by atoms with Gasteiger partial charge in [-0.25, -0.2) is 0 Å². The second-order valence-electron chi connectivity index (χ2n) is 8.73. The summed E-state index contributed by atoms with van der Waals surface area (Å²) in [5.41, 5.74) is 6.12. The zero-order valence-corrected chi connectivity index (χ0v) is 17.9. The number of phenols is 1. The molecule has 0 aliphatic carbocycles. The summed E-state index contributed by atoms with van der Waals surface area (Å²) in [4.78, 5) is 11.6. The summed E-state index contributed by atoms with van der Waals surface area (Å²) >= 11 is 0. The lowest BCUT2D eigenvalue weighted by atomic mass is 9.97. The number of aliphatic hydroxyl groups is 1. The molecule has 1 heterocycles. The summed E-state index contributed by atoms with van der Waals surface area (Å²) in [6.45, 7) is 7.63. The van der Waals surface area contributed by atoms with E-state index >= 15 is 0 Å². The fourth-order valence-corrected chi connectivity index (χ4v) is 4.14. The molecule has 0 radical (unpaired) electrons. The van der Waals surface area contributed by atoms with E-state index in [-0.39, 0.29) is 18.3 Å². The monoisotopic (exact) mass is 399 g/mol. The number of benzene rings is 2. The lowest BCUT2D eigenvalue weighted by Crippen LogP contribution is -2.44. The van der Waals surface area contributed by atoms with Crippen LogP contribution in [0.15, 0.2) is 24.3 Å². The third-order valence-corrected chi connectivity index (χ3v) is 5.56. The summed E-state index contributed by atoms with van der Waals surface area (Å²) in [6.07, 6.45) is 0.0867. The van der Waals surface area contributed by atoms with Crippen molar-refractivity contribution in [3.63, 3.8) is 0 Å². The van der Waals surface area contributed by atoms with Crippen molar-refractivity contribution >= 4 is 11.6 Å². The zero-order chi connectivity index (χ0) is 21.3. The van der Waals surface area contributed by atoms with E-state index in [0.717, 1.165) is 13.0 Å². The van der Waals surface area contributed by atoms with Crippen molar-refractivity contribution in [1.29, 1.82) is 0 Å². The van der Waals surface area contributed by atoms with Crippen LogP contribution in [0, 0.1) is 20.8 Å². The summed E-state index contributed by atoms with van der Waals surface area (Å²) in [6, 6.07) is 7.37. The number of carbonyl (C=O) groups is 1. The van der Waals surface area contributed by atoms with Gasteiger partial charge in [0.2, 0.25) is 0 Å². The first-order valence-electron chi connectivity index (χ1n) is 9.92. The minimum Gasteiger partial charge on any atom is -0.508 e. The number of nitrogens with one attached hydrogen (secondary N) is 1. The van der Waals surface area contributed by atoms with E-state index in [1.165, 1.54) is 34.4 Å². The third kappa shape index (κ3) is 4.89. The van der Waals surface area contributed by atoms with Crippen molar-refractivity contribution in [1.82, 2.24) is 0 Å². The Bertz CT molecular complexity index is 914. The molecular formula is C23H31N2O4+. The van der Waals surface area contributed by atoms with Crippen molar-refractivity contribution < 1.29 is 24.2 Å². The molecule has 29 heavy (non-hydrogen) atoms. The normalized spacial score (nSPS) is 14.8. The average Bonchev–Trinajstić information content (AvgIpc) is 2.59. The number of quaternary nitrogens is 1. The highest BCUT2D eigenvalue weighted by Gasteiger charge is 2.29. The van der Waals surface area contributed by atoms with Crippen LogP contribution in [-0.2, 0) is 11.2 Å². The number of fused-ring (bicyclic) bond motifs is 1. The van der Waals surface area contributed by atoms with Gasteiger partial charge in [-0.1, -0.05) is 17.7 Å². The van der Waals surface area contributed by atoms with Crippen LogP contribution in [0.3, 0.4) is 0 Å². The number of anilines is 1. The maximum Gasteiger partial charge on any atom is 0.262 e. The van der Waals surface area contributed by atoms with Crippen molar-refractivity contribution in [2.45, 2.75) is 33.3 Å². The van der Waals surface area contributed by atoms with Crippen LogP contribution in [0.5, 0.6) is 11.5 Å². The number of ether oxygens (including phenoxy) is 1. The second kappa shape index (κ2) is 8.05. The first kappa shape index (κ1) is 21.1. The minimum absolute atomic E-state index is 0.0141. The molecule has 156 valence electrons. The highest BCUT2D eigenvalue weighted by molar-refractivity contribution is 5.96. The largest absolute Gasteiger partial charge is 0.508 e. The Morgan fingerprint density at radius 2 is 1.79 bits per heavy atom. The fraction of sp³-hybridized carbons (Fsp3) is 0.435. The van der Waals surface area contributed by atoms with Crippen LogP contribution in [0.25, 0.3) is 0 Å². The maximum atomic E-state index is 11.6. The van der Waals surface area contributed by atoms with Gasteiger partial charge < -0.3 is 24.7 Å². The molecule has 0 saturated carbocycles. The molecule has 6 heteroatoms. The number of hydrogen-bond donors (Lipinski definition) is 3. The molecule has 2 aromatic carbocycles. The van der Waals surface area contributed by atoms with Crippen LogP contribution in [-0.4, -0.2) is 54.4 Å². The van der Waals surface area contributed by atoms with Gasteiger partial charge in [0.25, 0.3) is 5.91 Å². The number of aliphatic hydroxyl groups excluding tert-OH is 1. The number of aryl methyl sites for hydroxylation is 3. The van der Waals surface area contributed by atoms with Gasteiger partial charge in [-0.3, -0.25) is 4.79 Å². The Balaban J connectivity index is 1.75. The van der Waals surface area contributed by atoms with Crippen LogP contribution in [0.1, 0.15) is 33.9 Å². The van der Waals surface area contributed by atoms with Gasteiger partial charge in [0.1, 0.15) is 24.1 Å². The quantitative estimate of drug-likeness (QED) is 0.653. The molecule has 6 nitrogen and oxygen atoms in total. The van der Waals surface area contributed by atoms with Crippen molar-refractivity contribution in [2.24, 2.45) is 0 Å². The Labute approximate surface area is 172 Å². The van der Waals surface area contributed by atoms with E-state index in [1.807, 2.05) is 0 Å². The van der Waals surface area contributed by atoms with Crippen molar-refractivity contribution in [3.05, 3.63) is 52.1 Å². The van der Waals surface area contributed by atoms with Crippen LogP contribution >= 0.6 is 0 Å². The maximum absolute atomic E-state index is 11.6. The number of phenolic OH excluding ortho intramolecular Hbond substituents is 1. The summed E-state index contributed by atoms with van der Waals surface area (Å²) in [5.74, 6) is 0.142. The number of amides is 1. The highest BCUT2D eigenvalue weighted by Crippen LogP contribution is 2.39. The highest BCUT2D eigenvalue weighted by atomic mass is 16.5. The molecular weight excluding hydrogens is 368 g/mol. The van der Waals surface area contributed by atoms with E-state index in [4.69, 9.17) is 4.74 Å².